The van der Waals surface area contributed by atoms with E-state index in [-0.39, 0.29) is 11.3 Å². The van der Waals surface area contributed by atoms with Crippen LogP contribution in [-0.2, 0) is 10.7 Å². The smallest absolute Gasteiger partial charge is 0.344 e. The van der Waals surface area contributed by atoms with Gasteiger partial charge in [-0.05, 0) is 25.1 Å². The van der Waals surface area contributed by atoms with E-state index in [0.717, 1.165) is 6.92 Å². The van der Waals surface area contributed by atoms with Crippen molar-refractivity contribution in [1.82, 2.24) is 0 Å². The van der Waals surface area contributed by atoms with E-state index in [0.29, 0.717) is 4.47 Å². The maximum atomic E-state index is 13.3. The second-order valence-corrected chi connectivity index (χ2v) is 4.54. The summed E-state index contributed by atoms with van der Waals surface area (Å²) in [5.41, 5.74) is -0.347. The number of alkyl halides is 2. The molecule has 0 saturated carbocycles. The normalized spacial score (nSPS) is 13.2. The predicted octanol–water partition coefficient (Wildman–Crippen LogP) is 3.41. The fourth-order valence-corrected chi connectivity index (χ4v) is 1.55. The molecule has 1 aromatic rings. The second kappa shape index (κ2) is 5.00. The van der Waals surface area contributed by atoms with E-state index < -0.39 is 18.0 Å². The summed E-state index contributed by atoms with van der Waals surface area (Å²) in [5.74, 6) is -4.44. The number of rotatable bonds is 4. The van der Waals surface area contributed by atoms with Crippen molar-refractivity contribution < 1.29 is 23.4 Å². The maximum absolute atomic E-state index is 13.3. The van der Waals surface area contributed by atoms with Crippen LogP contribution < -0.4 is 4.74 Å². The molecule has 1 N–H and O–H groups in total. The highest BCUT2D eigenvalue weighted by Gasteiger charge is 2.30. The second-order valence-electron chi connectivity index (χ2n) is 3.63. The highest BCUT2D eigenvalue weighted by molar-refractivity contribution is 9.10. The number of hydrogen-bond donors (Lipinski definition) is 1. The fourth-order valence-electron chi connectivity index (χ4n) is 1.19. The summed E-state index contributed by atoms with van der Waals surface area (Å²) in [5, 5.41) is 8.67. The van der Waals surface area contributed by atoms with Crippen LogP contribution in [0.1, 0.15) is 19.4 Å². The topological polar surface area (TPSA) is 46.5 Å². The molecule has 94 valence electrons. The van der Waals surface area contributed by atoms with Crippen molar-refractivity contribution in [3.63, 3.8) is 0 Å². The molecule has 3 nitrogen and oxygen atoms in total. The summed E-state index contributed by atoms with van der Waals surface area (Å²) in [6.07, 6.45) is -1.18. The van der Waals surface area contributed by atoms with Gasteiger partial charge >= 0.3 is 5.97 Å². The Bertz CT molecular complexity index is 429. The minimum Gasteiger partial charge on any atom is -0.479 e. The molecule has 1 aromatic carbocycles. The lowest BCUT2D eigenvalue weighted by Gasteiger charge is -2.18. The van der Waals surface area contributed by atoms with Gasteiger partial charge in [-0.3, -0.25) is 0 Å². The van der Waals surface area contributed by atoms with Crippen molar-refractivity contribution in [3.8, 4) is 5.75 Å². The fraction of sp³-hybridized carbons (Fsp3) is 0.364. The highest BCUT2D eigenvalue weighted by Crippen LogP contribution is 2.36. The lowest BCUT2D eigenvalue weighted by molar-refractivity contribution is -0.144. The number of hydrogen-bond acceptors (Lipinski definition) is 2. The molecule has 0 saturated heterocycles. The first-order chi connectivity index (χ1) is 7.71. The Kier molecular flexibility index (Phi) is 4.08. The lowest BCUT2D eigenvalue weighted by Crippen LogP contribution is -2.24. The molecule has 17 heavy (non-hydrogen) atoms. The van der Waals surface area contributed by atoms with Gasteiger partial charge in [-0.25, -0.2) is 13.6 Å². The third kappa shape index (κ3) is 3.66. The average molecular weight is 309 g/mol. The van der Waals surface area contributed by atoms with Crippen molar-refractivity contribution in [2.24, 2.45) is 0 Å². The van der Waals surface area contributed by atoms with E-state index in [4.69, 9.17) is 9.84 Å². The van der Waals surface area contributed by atoms with Gasteiger partial charge in [0, 0.05) is 11.4 Å². The molecule has 0 spiro atoms. The monoisotopic (exact) mass is 308 g/mol. The van der Waals surface area contributed by atoms with Gasteiger partial charge in [0.1, 0.15) is 5.75 Å². The molecule has 0 aliphatic heterocycles. The molecule has 0 aliphatic rings. The van der Waals surface area contributed by atoms with Gasteiger partial charge in [-0.2, -0.15) is 0 Å². The third-order valence-corrected chi connectivity index (χ3v) is 2.56. The summed E-state index contributed by atoms with van der Waals surface area (Å²) in [4.78, 5) is 10.6. The molecule has 0 bridgehead atoms. The molecule has 0 fully saturated rings. The molecule has 1 rings (SSSR count). The zero-order valence-corrected chi connectivity index (χ0v) is 10.8. The van der Waals surface area contributed by atoms with Crippen molar-refractivity contribution >= 4 is 21.9 Å². The first kappa shape index (κ1) is 13.9. The number of halogens is 3. The largest absolute Gasteiger partial charge is 0.479 e. The van der Waals surface area contributed by atoms with Crippen molar-refractivity contribution in [2.75, 3.05) is 0 Å². The van der Waals surface area contributed by atoms with E-state index in [1.165, 1.54) is 25.1 Å². The van der Waals surface area contributed by atoms with Crippen LogP contribution in [0.25, 0.3) is 0 Å². The Balaban J connectivity index is 3.11. The van der Waals surface area contributed by atoms with E-state index in [2.05, 4.69) is 15.9 Å². The molecule has 0 unspecified atom stereocenters. The predicted molar refractivity (Wildman–Crippen MR) is 61.4 cm³/mol. The van der Waals surface area contributed by atoms with E-state index >= 15 is 0 Å². The molecule has 0 heterocycles. The van der Waals surface area contributed by atoms with Crippen molar-refractivity contribution in [2.45, 2.75) is 25.9 Å². The molecular weight excluding hydrogens is 298 g/mol. The lowest BCUT2D eigenvalue weighted by atomic mass is 10.1. The van der Waals surface area contributed by atoms with Gasteiger partial charge < -0.3 is 9.84 Å². The van der Waals surface area contributed by atoms with Crippen LogP contribution in [0, 0.1) is 0 Å². The van der Waals surface area contributed by atoms with Crippen LogP contribution in [0.3, 0.4) is 0 Å². The minimum atomic E-state index is -3.10. The van der Waals surface area contributed by atoms with Crippen LogP contribution in [0.2, 0.25) is 0 Å². The number of carboxylic acids is 1. The molecule has 6 heteroatoms. The molecule has 1 atom stereocenters. The zero-order chi connectivity index (χ0) is 13.2. The average Bonchev–Trinajstić information content (AvgIpc) is 2.18. The van der Waals surface area contributed by atoms with Crippen LogP contribution in [-0.4, -0.2) is 17.2 Å². The summed E-state index contributed by atoms with van der Waals surface area (Å²) < 4.78 is 32.1. The highest BCUT2D eigenvalue weighted by atomic mass is 79.9. The van der Waals surface area contributed by atoms with E-state index in [9.17, 15) is 13.6 Å². The van der Waals surface area contributed by atoms with Gasteiger partial charge in [-0.1, -0.05) is 15.9 Å². The van der Waals surface area contributed by atoms with Crippen molar-refractivity contribution in [3.05, 3.63) is 28.2 Å². The summed E-state index contributed by atoms with van der Waals surface area (Å²) >= 11 is 3.08. The van der Waals surface area contributed by atoms with Gasteiger partial charge in [0.05, 0.1) is 5.56 Å². The first-order valence-electron chi connectivity index (χ1n) is 4.79. The van der Waals surface area contributed by atoms with E-state index in [1.807, 2.05) is 0 Å². The standard InChI is InChI=1S/C11H11BrF2O3/c1-6(10(15)16)17-9-4-3-7(12)5-8(9)11(2,13)14/h3-6H,1-2H3,(H,15,16)/t6-/m0/s1. The van der Waals surface area contributed by atoms with Gasteiger partial charge in [-0.15, -0.1) is 0 Å². The number of aliphatic carboxylic acids is 1. The van der Waals surface area contributed by atoms with Crippen molar-refractivity contribution in [1.29, 1.82) is 0 Å². The van der Waals surface area contributed by atoms with Gasteiger partial charge in [0.2, 0.25) is 0 Å². The zero-order valence-electron chi connectivity index (χ0n) is 9.21. The number of ether oxygens (including phenoxy) is 1. The molecule has 0 amide bonds. The third-order valence-electron chi connectivity index (χ3n) is 2.07. The number of carboxylic acid groups (broad SMARTS) is 1. The quantitative estimate of drug-likeness (QED) is 0.927. The number of carbonyl (C=O) groups is 1. The summed E-state index contributed by atoms with van der Waals surface area (Å²) in [6, 6.07) is 4.04. The van der Waals surface area contributed by atoms with Crippen LogP contribution in [0.15, 0.2) is 22.7 Å². The van der Waals surface area contributed by atoms with Crippen LogP contribution >= 0.6 is 15.9 Å². The molecular formula is C11H11BrF2O3. The van der Waals surface area contributed by atoms with Gasteiger partial charge in [0.15, 0.2) is 6.10 Å². The Labute approximate surface area is 106 Å². The van der Waals surface area contributed by atoms with E-state index in [1.54, 1.807) is 0 Å². The molecule has 0 aromatic heterocycles. The molecule has 0 radical (unpaired) electrons. The Morgan fingerprint density at radius 3 is 2.59 bits per heavy atom. The molecule has 0 aliphatic carbocycles. The SMILES string of the molecule is C[C@H](Oc1ccc(Br)cc1C(C)(F)F)C(=O)O. The minimum absolute atomic E-state index is 0.129. The maximum Gasteiger partial charge on any atom is 0.344 e. The van der Waals surface area contributed by atoms with Crippen LogP contribution in [0.4, 0.5) is 8.78 Å². The first-order valence-corrected chi connectivity index (χ1v) is 5.58. The van der Waals surface area contributed by atoms with Gasteiger partial charge in [0.25, 0.3) is 5.92 Å². The van der Waals surface area contributed by atoms with Crippen LogP contribution in [0.5, 0.6) is 5.75 Å². The summed E-state index contributed by atoms with van der Waals surface area (Å²) in [7, 11) is 0. The Hall–Kier alpha value is -1.17. The number of benzene rings is 1. The summed E-state index contributed by atoms with van der Waals surface area (Å²) in [6.45, 7) is 2.01. The Morgan fingerprint density at radius 2 is 2.12 bits per heavy atom. The Morgan fingerprint density at radius 1 is 1.53 bits per heavy atom.